The molecular formula is C23H21Cl2NO2S. The molecule has 29 heavy (non-hydrogen) atoms. The summed E-state index contributed by atoms with van der Waals surface area (Å²) in [5.74, 6) is 1.23. The van der Waals surface area contributed by atoms with Crippen molar-refractivity contribution < 1.29 is 9.47 Å². The highest BCUT2D eigenvalue weighted by Gasteiger charge is 2.10. The standard InChI is InChI=1S/C23H21Cl2NO2S/c1-27-22-13-17(23(29)26-12-11-16-5-3-2-4-6-16)8-10-21(22)28-15-18-7-9-19(24)14-20(18)25/h2-10,13-14H,11-12,15H2,1H3,(H,26,29). The Morgan fingerprint density at radius 3 is 2.48 bits per heavy atom. The number of nitrogens with one attached hydrogen (secondary N) is 1. The molecule has 0 saturated heterocycles. The van der Waals surface area contributed by atoms with Crippen molar-refractivity contribution >= 4 is 40.4 Å². The summed E-state index contributed by atoms with van der Waals surface area (Å²) in [5, 5.41) is 4.45. The van der Waals surface area contributed by atoms with Crippen LogP contribution in [0.2, 0.25) is 10.0 Å². The zero-order valence-corrected chi connectivity index (χ0v) is 18.3. The van der Waals surface area contributed by atoms with E-state index < -0.39 is 0 Å². The zero-order chi connectivity index (χ0) is 20.6. The molecular weight excluding hydrogens is 425 g/mol. The molecule has 0 amide bonds. The third kappa shape index (κ3) is 6.10. The lowest BCUT2D eigenvalue weighted by atomic mass is 10.1. The van der Waals surface area contributed by atoms with E-state index >= 15 is 0 Å². The van der Waals surface area contributed by atoms with Crippen molar-refractivity contribution in [2.75, 3.05) is 13.7 Å². The SMILES string of the molecule is COc1cc(C(=S)NCCc2ccccc2)ccc1OCc1ccc(Cl)cc1Cl. The second-order valence-corrected chi connectivity index (χ2v) is 7.63. The van der Waals surface area contributed by atoms with Gasteiger partial charge in [0.25, 0.3) is 0 Å². The van der Waals surface area contributed by atoms with Crippen LogP contribution in [0.5, 0.6) is 11.5 Å². The number of hydrogen-bond acceptors (Lipinski definition) is 3. The van der Waals surface area contributed by atoms with Gasteiger partial charge in [-0.15, -0.1) is 0 Å². The normalized spacial score (nSPS) is 10.4. The fourth-order valence-corrected chi connectivity index (χ4v) is 3.48. The second-order valence-electron chi connectivity index (χ2n) is 6.38. The Morgan fingerprint density at radius 1 is 0.966 bits per heavy atom. The molecule has 150 valence electrons. The van der Waals surface area contributed by atoms with Crippen LogP contribution in [0.4, 0.5) is 0 Å². The van der Waals surface area contributed by atoms with Gasteiger partial charge in [-0.25, -0.2) is 0 Å². The summed E-state index contributed by atoms with van der Waals surface area (Å²) in [4.78, 5) is 0.673. The second kappa shape index (κ2) is 10.5. The molecule has 0 fully saturated rings. The lowest BCUT2D eigenvalue weighted by molar-refractivity contribution is 0.284. The van der Waals surface area contributed by atoms with Gasteiger partial charge in [0, 0.05) is 27.7 Å². The van der Waals surface area contributed by atoms with Gasteiger partial charge >= 0.3 is 0 Å². The summed E-state index contributed by atoms with van der Waals surface area (Å²) in [6, 6.07) is 21.3. The number of hydrogen-bond donors (Lipinski definition) is 1. The Hall–Kier alpha value is -2.27. The van der Waals surface area contributed by atoms with Crippen molar-refractivity contribution in [2.24, 2.45) is 0 Å². The quantitative estimate of drug-likeness (QED) is 0.425. The van der Waals surface area contributed by atoms with Crippen molar-refractivity contribution in [1.29, 1.82) is 0 Å². The van der Waals surface area contributed by atoms with Crippen LogP contribution in [0.3, 0.4) is 0 Å². The largest absolute Gasteiger partial charge is 0.493 e. The molecule has 3 nitrogen and oxygen atoms in total. The van der Waals surface area contributed by atoms with E-state index in [9.17, 15) is 0 Å². The molecule has 1 N–H and O–H groups in total. The predicted molar refractivity (Wildman–Crippen MR) is 124 cm³/mol. The van der Waals surface area contributed by atoms with Crippen molar-refractivity contribution in [1.82, 2.24) is 5.32 Å². The summed E-state index contributed by atoms with van der Waals surface area (Å²) < 4.78 is 11.4. The van der Waals surface area contributed by atoms with Crippen LogP contribution < -0.4 is 14.8 Å². The van der Waals surface area contributed by atoms with Crippen molar-refractivity contribution in [3.63, 3.8) is 0 Å². The highest BCUT2D eigenvalue weighted by molar-refractivity contribution is 7.80. The van der Waals surface area contributed by atoms with Gasteiger partial charge in [-0.2, -0.15) is 0 Å². The minimum atomic E-state index is 0.311. The number of thiocarbonyl (C=S) groups is 1. The molecule has 3 rings (SSSR count). The van der Waals surface area contributed by atoms with Gasteiger partial charge in [0.1, 0.15) is 11.6 Å². The monoisotopic (exact) mass is 445 g/mol. The Bertz CT molecular complexity index is 980. The molecule has 0 aliphatic rings. The van der Waals surface area contributed by atoms with E-state index in [-0.39, 0.29) is 0 Å². The van der Waals surface area contributed by atoms with Crippen molar-refractivity contribution in [3.05, 3.63) is 93.5 Å². The van der Waals surface area contributed by atoms with Crippen LogP contribution in [-0.2, 0) is 13.0 Å². The van der Waals surface area contributed by atoms with Crippen molar-refractivity contribution in [2.45, 2.75) is 13.0 Å². The van der Waals surface area contributed by atoms with Crippen LogP contribution in [0.1, 0.15) is 16.7 Å². The number of halogens is 2. The van der Waals surface area contributed by atoms with E-state index in [1.165, 1.54) is 5.56 Å². The molecule has 0 saturated carbocycles. The molecule has 3 aromatic rings. The molecule has 0 spiro atoms. The van der Waals surface area contributed by atoms with E-state index in [1.807, 2.05) is 42.5 Å². The van der Waals surface area contributed by atoms with Gasteiger partial charge in [0.15, 0.2) is 11.5 Å². The molecule has 0 aliphatic carbocycles. The van der Waals surface area contributed by atoms with E-state index in [0.717, 1.165) is 24.1 Å². The minimum absolute atomic E-state index is 0.311. The molecule has 0 bridgehead atoms. The first-order valence-electron chi connectivity index (χ1n) is 9.13. The first kappa shape index (κ1) is 21.4. The number of methoxy groups -OCH3 is 1. The van der Waals surface area contributed by atoms with Gasteiger partial charge in [0.05, 0.1) is 7.11 Å². The van der Waals surface area contributed by atoms with Gasteiger partial charge in [-0.1, -0.05) is 71.8 Å². The topological polar surface area (TPSA) is 30.5 Å². The van der Waals surface area contributed by atoms with Gasteiger partial charge in [-0.3, -0.25) is 0 Å². The average molecular weight is 446 g/mol. The molecule has 6 heteroatoms. The molecule has 0 aliphatic heterocycles. The van der Waals surface area contributed by atoms with Crippen LogP contribution in [0.15, 0.2) is 66.7 Å². The predicted octanol–water partition coefficient (Wildman–Crippen LogP) is 6.09. The summed E-state index contributed by atoms with van der Waals surface area (Å²) >= 11 is 17.7. The van der Waals surface area contributed by atoms with Crippen LogP contribution in [0, 0.1) is 0 Å². The Morgan fingerprint density at radius 2 is 1.76 bits per heavy atom. The Balaban J connectivity index is 1.60. The summed E-state index contributed by atoms with van der Waals surface area (Å²) in [6.07, 6.45) is 0.904. The van der Waals surface area contributed by atoms with E-state index in [2.05, 4.69) is 17.4 Å². The van der Waals surface area contributed by atoms with Crippen molar-refractivity contribution in [3.8, 4) is 11.5 Å². The lowest BCUT2D eigenvalue weighted by Gasteiger charge is -2.14. The van der Waals surface area contributed by atoms with E-state index in [1.54, 1.807) is 19.2 Å². The van der Waals surface area contributed by atoms with Gasteiger partial charge in [-0.05, 0) is 42.3 Å². The molecule has 0 heterocycles. The van der Waals surface area contributed by atoms with Crippen LogP contribution in [0.25, 0.3) is 0 Å². The number of ether oxygens (including phenoxy) is 2. The lowest BCUT2D eigenvalue weighted by Crippen LogP contribution is -2.24. The molecule has 0 atom stereocenters. The summed E-state index contributed by atoms with van der Waals surface area (Å²) in [5.41, 5.74) is 2.99. The molecule has 0 unspecified atom stereocenters. The summed E-state index contributed by atoms with van der Waals surface area (Å²) in [7, 11) is 1.60. The first-order valence-corrected chi connectivity index (χ1v) is 10.3. The first-order chi connectivity index (χ1) is 14.1. The maximum absolute atomic E-state index is 6.21. The molecule has 0 radical (unpaired) electrons. The third-order valence-electron chi connectivity index (χ3n) is 4.37. The fraction of sp³-hybridized carbons (Fsp3) is 0.174. The average Bonchev–Trinajstić information content (AvgIpc) is 2.73. The number of benzene rings is 3. The fourth-order valence-electron chi connectivity index (χ4n) is 2.79. The van der Waals surface area contributed by atoms with Gasteiger partial charge in [0.2, 0.25) is 0 Å². The summed E-state index contributed by atoms with van der Waals surface area (Å²) in [6.45, 7) is 1.07. The highest BCUT2D eigenvalue weighted by Crippen LogP contribution is 2.30. The Kier molecular flexibility index (Phi) is 7.76. The maximum Gasteiger partial charge on any atom is 0.161 e. The minimum Gasteiger partial charge on any atom is -0.493 e. The number of rotatable bonds is 8. The molecule has 0 aromatic heterocycles. The van der Waals surface area contributed by atoms with Crippen LogP contribution >= 0.6 is 35.4 Å². The van der Waals surface area contributed by atoms with Crippen LogP contribution in [-0.4, -0.2) is 18.6 Å². The smallest absolute Gasteiger partial charge is 0.161 e. The zero-order valence-electron chi connectivity index (χ0n) is 16.0. The molecule has 3 aromatic carbocycles. The van der Waals surface area contributed by atoms with E-state index in [4.69, 9.17) is 44.9 Å². The maximum atomic E-state index is 6.21. The third-order valence-corrected chi connectivity index (χ3v) is 5.33. The Labute approximate surface area is 186 Å². The van der Waals surface area contributed by atoms with E-state index in [0.29, 0.717) is 33.1 Å². The highest BCUT2D eigenvalue weighted by atomic mass is 35.5. The van der Waals surface area contributed by atoms with Gasteiger partial charge < -0.3 is 14.8 Å².